The summed E-state index contributed by atoms with van der Waals surface area (Å²) in [5, 5.41) is 2.99. The Kier molecular flexibility index (Phi) is 3.78. The lowest BCUT2D eigenvalue weighted by atomic mass is 9.98. The van der Waals surface area contributed by atoms with Crippen LogP contribution in [-0.4, -0.2) is 5.91 Å². The Morgan fingerprint density at radius 2 is 1.50 bits per heavy atom. The van der Waals surface area contributed by atoms with E-state index in [9.17, 15) is 4.79 Å². The van der Waals surface area contributed by atoms with E-state index in [1.54, 1.807) is 6.92 Å². The zero-order chi connectivity index (χ0) is 13.0. The van der Waals surface area contributed by atoms with Crippen LogP contribution in [0.5, 0.6) is 0 Å². The fraction of sp³-hybridized carbons (Fsp3) is 0.188. The van der Waals surface area contributed by atoms with E-state index in [1.807, 2.05) is 30.3 Å². The largest absolute Gasteiger partial charge is 0.345 e. The molecule has 0 unspecified atom stereocenters. The van der Waals surface area contributed by atoms with Gasteiger partial charge in [-0.25, -0.2) is 0 Å². The Hall–Kier alpha value is -2.09. The molecule has 0 aliphatic carbocycles. The Balaban J connectivity index is 2.36. The molecule has 92 valence electrons. The van der Waals surface area contributed by atoms with Crippen LogP contribution in [0, 0.1) is 6.92 Å². The summed E-state index contributed by atoms with van der Waals surface area (Å²) in [5.74, 6) is -0.0237. The van der Waals surface area contributed by atoms with Crippen molar-refractivity contribution in [2.45, 2.75) is 19.9 Å². The molecule has 0 saturated carbocycles. The van der Waals surface area contributed by atoms with E-state index in [1.165, 1.54) is 5.56 Å². The Bertz CT molecular complexity index is 517. The van der Waals surface area contributed by atoms with Gasteiger partial charge in [0.05, 0.1) is 6.04 Å². The summed E-state index contributed by atoms with van der Waals surface area (Å²) in [6.45, 7) is 3.60. The first kappa shape index (κ1) is 12.4. The second kappa shape index (κ2) is 5.50. The van der Waals surface area contributed by atoms with Crippen LogP contribution in [0.25, 0.3) is 0 Å². The van der Waals surface area contributed by atoms with Crippen molar-refractivity contribution in [3.8, 4) is 0 Å². The van der Waals surface area contributed by atoms with Crippen LogP contribution < -0.4 is 5.32 Å². The molecule has 0 aliphatic heterocycles. The standard InChI is InChI=1S/C16H17NO/c1-12-8-10-15(11-9-12)16(17-13(2)18)14-6-4-3-5-7-14/h3-11,16H,1-2H3,(H,17,18)/t16-/m0/s1. The summed E-state index contributed by atoms with van der Waals surface area (Å²) in [6, 6.07) is 18.2. The van der Waals surface area contributed by atoms with Crippen LogP contribution in [0.3, 0.4) is 0 Å². The number of amides is 1. The Labute approximate surface area is 108 Å². The van der Waals surface area contributed by atoms with E-state index in [0.29, 0.717) is 0 Å². The first-order valence-corrected chi connectivity index (χ1v) is 6.05. The fourth-order valence-corrected chi connectivity index (χ4v) is 1.97. The Morgan fingerprint density at radius 1 is 0.944 bits per heavy atom. The summed E-state index contributed by atoms with van der Waals surface area (Å²) < 4.78 is 0. The molecule has 0 fully saturated rings. The number of hydrogen-bond donors (Lipinski definition) is 1. The van der Waals surface area contributed by atoms with Crippen LogP contribution in [0.15, 0.2) is 54.6 Å². The summed E-state index contributed by atoms with van der Waals surface area (Å²) in [6.07, 6.45) is 0. The summed E-state index contributed by atoms with van der Waals surface area (Å²) in [4.78, 5) is 11.4. The van der Waals surface area contributed by atoms with Gasteiger partial charge >= 0.3 is 0 Å². The second-order valence-electron chi connectivity index (χ2n) is 4.45. The van der Waals surface area contributed by atoms with Crippen LogP contribution in [-0.2, 0) is 4.79 Å². The van der Waals surface area contributed by atoms with E-state index in [-0.39, 0.29) is 11.9 Å². The first-order chi connectivity index (χ1) is 8.66. The van der Waals surface area contributed by atoms with Crippen LogP contribution >= 0.6 is 0 Å². The third kappa shape index (κ3) is 2.98. The lowest BCUT2D eigenvalue weighted by molar-refractivity contribution is -0.119. The molecule has 0 aliphatic rings. The second-order valence-corrected chi connectivity index (χ2v) is 4.45. The fourth-order valence-electron chi connectivity index (χ4n) is 1.97. The number of carbonyl (C=O) groups is 1. The van der Waals surface area contributed by atoms with Crippen molar-refractivity contribution in [1.29, 1.82) is 0 Å². The average molecular weight is 239 g/mol. The molecule has 2 rings (SSSR count). The van der Waals surface area contributed by atoms with Crippen molar-refractivity contribution in [2.75, 3.05) is 0 Å². The number of aryl methyl sites for hydroxylation is 1. The van der Waals surface area contributed by atoms with Gasteiger partial charge < -0.3 is 5.32 Å². The molecule has 0 heterocycles. The van der Waals surface area contributed by atoms with Gasteiger partial charge in [0.1, 0.15) is 0 Å². The van der Waals surface area contributed by atoms with E-state index in [4.69, 9.17) is 0 Å². The van der Waals surface area contributed by atoms with Gasteiger partial charge in [0.25, 0.3) is 0 Å². The van der Waals surface area contributed by atoms with E-state index < -0.39 is 0 Å². The first-order valence-electron chi connectivity index (χ1n) is 6.05. The minimum Gasteiger partial charge on any atom is -0.345 e. The molecule has 0 spiro atoms. The number of hydrogen-bond acceptors (Lipinski definition) is 1. The minimum absolute atomic E-state index is 0.0237. The molecule has 1 N–H and O–H groups in total. The lowest BCUT2D eigenvalue weighted by Crippen LogP contribution is -2.26. The third-order valence-electron chi connectivity index (χ3n) is 2.89. The smallest absolute Gasteiger partial charge is 0.217 e. The maximum absolute atomic E-state index is 11.4. The third-order valence-corrected chi connectivity index (χ3v) is 2.89. The number of rotatable bonds is 3. The van der Waals surface area contributed by atoms with Gasteiger partial charge in [-0.3, -0.25) is 4.79 Å². The minimum atomic E-state index is -0.0794. The van der Waals surface area contributed by atoms with Crippen molar-refractivity contribution in [3.63, 3.8) is 0 Å². The summed E-state index contributed by atoms with van der Waals surface area (Å²) >= 11 is 0. The highest BCUT2D eigenvalue weighted by atomic mass is 16.1. The molecule has 1 atom stereocenters. The predicted molar refractivity (Wildman–Crippen MR) is 73.3 cm³/mol. The average Bonchev–Trinajstić information content (AvgIpc) is 2.38. The van der Waals surface area contributed by atoms with Crippen LogP contribution in [0.1, 0.15) is 29.7 Å². The van der Waals surface area contributed by atoms with E-state index in [2.05, 4.69) is 36.5 Å². The molecule has 2 aromatic rings. The molecular weight excluding hydrogens is 222 g/mol. The molecule has 0 saturated heterocycles. The van der Waals surface area contributed by atoms with Gasteiger partial charge in [-0.05, 0) is 18.1 Å². The summed E-state index contributed by atoms with van der Waals surface area (Å²) in [5.41, 5.74) is 3.41. The molecule has 2 heteroatoms. The molecule has 18 heavy (non-hydrogen) atoms. The normalized spacial score (nSPS) is 11.9. The Morgan fingerprint density at radius 3 is 2.06 bits per heavy atom. The molecule has 0 aromatic heterocycles. The van der Waals surface area contributed by atoms with Gasteiger partial charge in [0.15, 0.2) is 0 Å². The van der Waals surface area contributed by atoms with Gasteiger partial charge in [-0.15, -0.1) is 0 Å². The predicted octanol–water partition coefficient (Wildman–Crippen LogP) is 3.22. The number of benzene rings is 2. The highest BCUT2D eigenvalue weighted by molar-refractivity contribution is 5.74. The zero-order valence-corrected chi connectivity index (χ0v) is 10.7. The molecule has 0 bridgehead atoms. The highest BCUT2D eigenvalue weighted by Crippen LogP contribution is 2.22. The summed E-state index contributed by atoms with van der Waals surface area (Å²) in [7, 11) is 0. The SMILES string of the molecule is CC(=O)N[C@@H](c1ccccc1)c1ccc(C)cc1. The van der Waals surface area contributed by atoms with Gasteiger partial charge in [-0.1, -0.05) is 60.2 Å². The van der Waals surface area contributed by atoms with Gasteiger partial charge in [0, 0.05) is 6.92 Å². The number of nitrogens with one attached hydrogen (secondary N) is 1. The monoisotopic (exact) mass is 239 g/mol. The number of carbonyl (C=O) groups excluding carboxylic acids is 1. The van der Waals surface area contributed by atoms with Crippen molar-refractivity contribution in [2.24, 2.45) is 0 Å². The van der Waals surface area contributed by atoms with Crippen LogP contribution in [0.2, 0.25) is 0 Å². The molecular formula is C16H17NO. The lowest BCUT2D eigenvalue weighted by Gasteiger charge is -2.19. The van der Waals surface area contributed by atoms with Crippen molar-refractivity contribution in [3.05, 3.63) is 71.3 Å². The van der Waals surface area contributed by atoms with Crippen molar-refractivity contribution < 1.29 is 4.79 Å². The van der Waals surface area contributed by atoms with Crippen molar-refractivity contribution in [1.82, 2.24) is 5.32 Å². The quantitative estimate of drug-likeness (QED) is 0.875. The maximum atomic E-state index is 11.4. The highest BCUT2D eigenvalue weighted by Gasteiger charge is 2.14. The maximum Gasteiger partial charge on any atom is 0.217 e. The topological polar surface area (TPSA) is 29.1 Å². The van der Waals surface area contributed by atoms with E-state index >= 15 is 0 Å². The van der Waals surface area contributed by atoms with Crippen LogP contribution in [0.4, 0.5) is 0 Å². The van der Waals surface area contributed by atoms with Gasteiger partial charge in [0.2, 0.25) is 5.91 Å². The molecule has 1 amide bonds. The molecule has 2 nitrogen and oxygen atoms in total. The van der Waals surface area contributed by atoms with E-state index in [0.717, 1.165) is 11.1 Å². The van der Waals surface area contributed by atoms with Crippen molar-refractivity contribution >= 4 is 5.91 Å². The molecule has 2 aromatic carbocycles. The zero-order valence-electron chi connectivity index (χ0n) is 10.7. The van der Waals surface area contributed by atoms with Gasteiger partial charge in [-0.2, -0.15) is 0 Å². The molecule has 0 radical (unpaired) electrons.